The molecule has 1 amide bonds. The Morgan fingerprint density at radius 1 is 1.21 bits per heavy atom. The lowest BCUT2D eigenvalue weighted by Gasteiger charge is -2.29. The van der Waals surface area contributed by atoms with Gasteiger partial charge in [0.05, 0.1) is 5.69 Å². The highest BCUT2D eigenvalue weighted by atomic mass is 16.6. The zero-order chi connectivity index (χ0) is 23.2. The topological polar surface area (TPSA) is 106 Å². The number of pyridine rings is 1. The summed E-state index contributed by atoms with van der Waals surface area (Å²) >= 11 is 0. The average Bonchev–Trinajstić information content (AvgIpc) is 3.37. The number of carbonyl (C=O) groups excluding carboxylic acids is 1. The largest absolute Gasteiger partial charge is 0.494 e. The Labute approximate surface area is 191 Å². The van der Waals surface area contributed by atoms with E-state index in [0.717, 1.165) is 50.9 Å². The minimum atomic E-state index is -0.501. The van der Waals surface area contributed by atoms with Crippen LogP contribution in [0.2, 0.25) is 0 Å². The van der Waals surface area contributed by atoms with Crippen LogP contribution in [0.25, 0.3) is 27.4 Å². The van der Waals surface area contributed by atoms with Crippen LogP contribution in [0.1, 0.15) is 32.9 Å². The van der Waals surface area contributed by atoms with Crippen LogP contribution in [0.15, 0.2) is 48.8 Å². The van der Waals surface area contributed by atoms with Gasteiger partial charge in [-0.3, -0.25) is 0 Å². The van der Waals surface area contributed by atoms with Crippen LogP contribution in [0, 0.1) is 0 Å². The number of aromatic hydroxyl groups is 1. The number of H-pyrrole nitrogens is 2. The zero-order valence-electron chi connectivity index (χ0n) is 18.9. The maximum absolute atomic E-state index is 12.3. The van der Waals surface area contributed by atoms with Gasteiger partial charge < -0.3 is 30.0 Å². The molecule has 1 aromatic carbocycles. The molecular weight excluding hydrogens is 418 g/mol. The molecule has 8 heteroatoms. The van der Waals surface area contributed by atoms with Crippen molar-refractivity contribution < 1.29 is 14.6 Å². The number of amides is 1. The molecule has 0 fully saturated rings. The second kappa shape index (κ2) is 7.88. The number of rotatable bonds is 3. The van der Waals surface area contributed by atoms with Crippen LogP contribution < -0.4 is 5.32 Å². The van der Waals surface area contributed by atoms with Crippen molar-refractivity contribution in [3.8, 4) is 5.88 Å². The van der Waals surface area contributed by atoms with Crippen LogP contribution >= 0.6 is 0 Å². The predicted molar refractivity (Wildman–Crippen MR) is 130 cm³/mol. The SMILES string of the molecule is CC(C)(C)OC(=O)N1CC=C(c2cc3c(Nc4ccc5c(O)[nH]cc5c4)ccnc3[nH]2)CC1. The van der Waals surface area contributed by atoms with Crippen molar-refractivity contribution in [2.75, 3.05) is 18.4 Å². The van der Waals surface area contributed by atoms with E-state index in [4.69, 9.17) is 4.74 Å². The molecular formula is C25H27N5O3. The second-order valence-corrected chi connectivity index (χ2v) is 9.27. The molecule has 4 heterocycles. The number of ether oxygens (including phenoxy) is 1. The van der Waals surface area contributed by atoms with Gasteiger partial charge in [-0.25, -0.2) is 9.78 Å². The number of benzene rings is 1. The van der Waals surface area contributed by atoms with Crippen LogP contribution in [-0.4, -0.2) is 49.7 Å². The van der Waals surface area contributed by atoms with E-state index in [1.165, 1.54) is 0 Å². The molecule has 0 saturated heterocycles. The summed E-state index contributed by atoms with van der Waals surface area (Å²) in [5.74, 6) is 0.170. The number of fused-ring (bicyclic) bond motifs is 2. The predicted octanol–water partition coefficient (Wildman–Crippen LogP) is 5.52. The molecule has 0 bridgehead atoms. The normalized spacial score (nSPS) is 14.5. The number of aromatic nitrogens is 3. The molecule has 0 spiro atoms. The Kier molecular flexibility index (Phi) is 5.00. The summed E-state index contributed by atoms with van der Waals surface area (Å²) in [6.07, 6.45) is 6.07. The van der Waals surface area contributed by atoms with E-state index in [0.29, 0.717) is 13.1 Å². The van der Waals surface area contributed by atoms with E-state index < -0.39 is 5.60 Å². The molecule has 1 aliphatic rings. The summed E-state index contributed by atoms with van der Waals surface area (Å²) in [5, 5.41) is 16.0. The highest BCUT2D eigenvalue weighted by molar-refractivity contribution is 5.96. The molecule has 0 radical (unpaired) electrons. The first-order chi connectivity index (χ1) is 15.8. The number of anilines is 2. The fourth-order valence-corrected chi connectivity index (χ4v) is 4.07. The molecule has 0 atom stereocenters. The number of hydrogen-bond donors (Lipinski definition) is 4. The summed E-state index contributed by atoms with van der Waals surface area (Å²) in [6.45, 7) is 6.75. The molecule has 8 nitrogen and oxygen atoms in total. The van der Waals surface area contributed by atoms with Gasteiger partial charge in [0.15, 0.2) is 5.88 Å². The van der Waals surface area contributed by atoms with Gasteiger partial charge in [0, 0.05) is 53.0 Å². The number of aromatic amines is 2. The van der Waals surface area contributed by atoms with Gasteiger partial charge in [-0.2, -0.15) is 0 Å². The fraction of sp³-hybridized carbons (Fsp3) is 0.280. The molecule has 170 valence electrons. The van der Waals surface area contributed by atoms with E-state index >= 15 is 0 Å². The monoisotopic (exact) mass is 445 g/mol. The van der Waals surface area contributed by atoms with E-state index in [2.05, 4.69) is 32.4 Å². The third kappa shape index (κ3) is 4.24. The first kappa shape index (κ1) is 20.9. The van der Waals surface area contributed by atoms with E-state index in [1.54, 1.807) is 17.3 Å². The Morgan fingerprint density at radius 2 is 2.06 bits per heavy atom. The number of carbonyl (C=O) groups is 1. The Morgan fingerprint density at radius 3 is 2.82 bits per heavy atom. The van der Waals surface area contributed by atoms with Crippen molar-refractivity contribution >= 4 is 44.8 Å². The van der Waals surface area contributed by atoms with E-state index in [1.807, 2.05) is 45.0 Å². The average molecular weight is 446 g/mol. The quantitative estimate of drug-likeness (QED) is 0.332. The molecule has 0 saturated carbocycles. The van der Waals surface area contributed by atoms with Crippen LogP contribution in [0.5, 0.6) is 5.88 Å². The van der Waals surface area contributed by atoms with Crippen molar-refractivity contribution in [1.82, 2.24) is 19.9 Å². The summed E-state index contributed by atoms with van der Waals surface area (Å²) in [7, 11) is 0. The Bertz CT molecular complexity index is 1380. The first-order valence-corrected chi connectivity index (χ1v) is 11.0. The smallest absolute Gasteiger partial charge is 0.410 e. The number of hydrogen-bond acceptors (Lipinski definition) is 5. The second-order valence-electron chi connectivity index (χ2n) is 9.27. The lowest BCUT2D eigenvalue weighted by molar-refractivity contribution is 0.0270. The van der Waals surface area contributed by atoms with Crippen molar-refractivity contribution in [3.05, 3.63) is 54.5 Å². The van der Waals surface area contributed by atoms with Crippen molar-refractivity contribution in [1.29, 1.82) is 0 Å². The first-order valence-electron chi connectivity index (χ1n) is 11.0. The molecule has 4 aromatic rings. The minimum Gasteiger partial charge on any atom is -0.494 e. The van der Waals surface area contributed by atoms with Gasteiger partial charge in [-0.05, 0) is 63.1 Å². The molecule has 5 rings (SSSR count). The number of nitrogens with one attached hydrogen (secondary N) is 3. The highest BCUT2D eigenvalue weighted by Gasteiger charge is 2.24. The molecule has 3 aromatic heterocycles. The number of nitrogens with zero attached hydrogens (tertiary/aromatic N) is 2. The molecule has 4 N–H and O–H groups in total. The maximum Gasteiger partial charge on any atom is 0.410 e. The standard InChI is InChI=1S/C25H27N5O3/c1-25(2,3)33-24(32)30-10-7-15(8-11-30)21-13-19-20(6-9-26-22(19)29-21)28-17-4-5-18-16(12-17)14-27-23(18)31/h4-7,9,12-14,27,31H,8,10-11H2,1-3H3,(H2,26,28,29). The van der Waals surface area contributed by atoms with Gasteiger partial charge in [0.1, 0.15) is 11.2 Å². The van der Waals surface area contributed by atoms with Crippen LogP contribution in [-0.2, 0) is 4.74 Å². The fourth-order valence-electron chi connectivity index (χ4n) is 4.07. The van der Waals surface area contributed by atoms with Gasteiger partial charge >= 0.3 is 6.09 Å². The summed E-state index contributed by atoms with van der Waals surface area (Å²) in [4.78, 5) is 24.8. The summed E-state index contributed by atoms with van der Waals surface area (Å²) in [6, 6.07) is 9.84. The third-order valence-corrected chi connectivity index (χ3v) is 5.69. The summed E-state index contributed by atoms with van der Waals surface area (Å²) in [5.41, 5.74) is 4.31. The molecule has 1 aliphatic heterocycles. The van der Waals surface area contributed by atoms with Crippen LogP contribution in [0.4, 0.5) is 16.2 Å². The molecule has 0 aliphatic carbocycles. The van der Waals surface area contributed by atoms with E-state index in [-0.39, 0.29) is 12.0 Å². The van der Waals surface area contributed by atoms with Gasteiger partial charge in [-0.1, -0.05) is 6.08 Å². The minimum absolute atomic E-state index is 0.170. The lowest BCUT2D eigenvalue weighted by atomic mass is 10.0. The van der Waals surface area contributed by atoms with Crippen LogP contribution in [0.3, 0.4) is 0 Å². The van der Waals surface area contributed by atoms with E-state index in [9.17, 15) is 9.90 Å². The van der Waals surface area contributed by atoms with Crippen molar-refractivity contribution in [2.24, 2.45) is 0 Å². The van der Waals surface area contributed by atoms with Gasteiger partial charge in [0.25, 0.3) is 0 Å². The third-order valence-electron chi connectivity index (χ3n) is 5.69. The molecule has 0 unspecified atom stereocenters. The van der Waals surface area contributed by atoms with Gasteiger partial charge in [-0.15, -0.1) is 0 Å². The lowest BCUT2D eigenvalue weighted by Crippen LogP contribution is -2.39. The van der Waals surface area contributed by atoms with Crippen molar-refractivity contribution in [2.45, 2.75) is 32.8 Å². The zero-order valence-corrected chi connectivity index (χ0v) is 18.9. The molecule has 33 heavy (non-hydrogen) atoms. The Balaban J connectivity index is 1.37. The van der Waals surface area contributed by atoms with Crippen molar-refractivity contribution in [3.63, 3.8) is 0 Å². The Hall–Kier alpha value is -3.94. The maximum atomic E-state index is 12.3. The van der Waals surface area contributed by atoms with Gasteiger partial charge in [0.2, 0.25) is 0 Å². The highest BCUT2D eigenvalue weighted by Crippen LogP contribution is 2.32. The summed E-state index contributed by atoms with van der Waals surface area (Å²) < 4.78 is 5.48.